The summed E-state index contributed by atoms with van der Waals surface area (Å²) in [7, 11) is 1.65. The average Bonchev–Trinajstić information content (AvgIpc) is 3.31. The Morgan fingerprint density at radius 3 is 2.79 bits per heavy atom. The van der Waals surface area contributed by atoms with Crippen LogP contribution < -0.4 is 14.8 Å². The maximum absolute atomic E-state index is 13.5. The third-order valence-corrected chi connectivity index (χ3v) is 7.85. The van der Waals surface area contributed by atoms with E-state index in [1.54, 1.807) is 18.4 Å². The number of nitrogens with one attached hydrogen (secondary N) is 2. The molecule has 1 fully saturated rings. The summed E-state index contributed by atoms with van der Waals surface area (Å²) in [6.07, 6.45) is 6.68. The molecule has 0 saturated heterocycles. The van der Waals surface area contributed by atoms with Crippen molar-refractivity contribution >= 4 is 28.4 Å². The zero-order chi connectivity index (χ0) is 23.7. The van der Waals surface area contributed by atoms with Gasteiger partial charge < -0.3 is 19.8 Å². The number of hydrogen-bond donors (Lipinski definition) is 2. The fourth-order valence-corrected chi connectivity index (χ4v) is 5.77. The molecule has 1 aromatic carbocycles. The number of unbranched alkanes of at least 4 members (excludes halogenated alkanes) is 1. The Morgan fingerprint density at radius 2 is 2.09 bits per heavy atom. The lowest BCUT2D eigenvalue weighted by atomic mass is 9.79. The Hall–Kier alpha value is -3.13. The Morgan fingerprint density at radius 1 is 1.24 bits per heavy atom. The number of hydrogen-bond acceptors (Lipinski definition) is 6. The van der Waals surface area contributed by atoms with Crippen LogP contribution in [0.5, 0.6) is 11.5 Å². The second-order valence-corrected chi connectivity index (χ2v) is 10.3. The molecule has 2 N–H and O–H groups in total. The second-order valence-electron chi connectivity index (χ2n) is 9.19. The number of rotatable bonds is 9. The summed E-state index contributed by atoms with van der Waals surface area (Å²) in [4.78, 5) is 19.1. The maximum Gasteiger partial charge on any atom is 0.256 e. The number of H-pyrrole nitrogens is 1. The van der Waals surface area contributed by atoms with Crippen LogP contribution in [0.15, 0.2) is 36.7 Å². The summed E-state index contributed by atoms with van der Waals surface area (Å²) < 4.78 is 11.6. The van der Waals surface area contributed by atoms with E-state index in [0.717, 1.165) is 34.6 Å². The molecule has 3 heterocycles. The van der Waals surface area contributed by atoms with Crippen LogP contribution in [-0.4, -0.2) is 34.8 Å². The van der Waals surface area contributed by atoms with Crippen LogP contribution in [0.2, 0.25) is 0 Å². The van der Waals surface area contributed by atoms with E-state index < -0.39 is 5.54 Å². The fraction of sp³-hybridized carbons (Fsp3) is 0.423. The van der Waals surface area contributed by atoms with Crippen LogP contribution in [0.4, 0.5) is 0 Å². The van der Waals surface area contributed by atoms with E-state index in [1.807, 2.05) is 25.1 Å². The van der Waals surface area contributed by atoms with Crippen LogP contribution in [0.25, 0.3) is 11.1 Å². The minimum atomic E-state index is -0.660. The van der Waals surface area contributed by atoms with Crippen LogP contribution in [-0.2, 0) is 10.3 Å². The zero-order valence-corrected chi connectivity index (χ0v) is 20.6. The first kappa shape index (κ1) is 22.7. The molecule has 0 unspecified atom stereocenters. The standard InChI is InChI=1S/C26H30N4O3S/c1-4-5-12-33-17-8-9-19(20(13-17)32-3)26(2)14-18(22-11-10-21(34-22)16-6-7-16)23(25(31)29-26)24-27-15-28-30-24/h8-11,13,15-16H,4-7,12,14H2,1-3H3,(H,29,31)(H,27,28,30)/t26-/m0/s1. The van der Waals surface area contributed by atoms with Crippen LogP contribution >= 0.6 is 11.3 Å². The summed E-state index contributed by atoms with van der Waals surface area (Å²) in [6.45, 7) is 4.86. The Kier molecular flexibility index (Phi) is 6.16. The molecule has 34 heavy (non-hydrogen) atoms. The molecule has 178 valence electrons. The van der Waals surface area contributed by atoms with E-state index in [4.69, 9.17) is 9.47 Å². The Labute approximate surface area is 203 Å². The highest BCUT2D eigenvalue weighted by Crippen LogP contribution is 2.48. The number of ether oxygens (including phenoxy) is 2. The molecule has 0 bridgehead atoms. The maximum atomic E-state index is 13.5. The second kappa shape index (κ2) is 9.25. The SMILES string of the molecule is CCCCOc1ccc([C@]2(C)CC(c3ccc(C4CC4)s3)=C(c3nnc[nH]3)C(=O)N2)c(OC)c1. The van der Waals surface area contributed by atoms with Crippen molar-refractivity contribution in [2.24, 2.45) is 0 Å². The Balaban J connectivity index is 1.54. The van der Waals surface area contributed by atoms with E-state index in [-0.39, 0.29) is 5.91 Å². The molecule has 5 rings (SSSR count). The molecule has 0 radical (unpaired) electrons. The van der Waals surface area contributed by atoms with Gasteiger partial charge in [-0.05, 0) is 61.9 Å². The number of aromatic amines is 1. The van der Waals surface area contributed by atoms with Crippen molar-refractivity contribution in [1.29, 1.82) is 0 Å². The number of thiophene rings is 1. The number of aromatic nitrogens is 3. The van der Waals surface area contributed by atoms with Crippen LogP contribution in [0.1, 0.15) is 73.0 Å². The lowest BCUT2D eigenvalue weighted by Crippen LogP contribution is -2.47. The first-order chi connectivity index (χ1) is 16.5. The van der Waals surface area contributed by atoms with Gasteiger partial charge in [0.2, 0.25) is 0 Å². The highest BCUT2D eigenvalue weighted by Gasteiger charge is 2.41. The van der Waals surface area contributed by atoms with Gasteiger partial charge in [-0.2, -0.15) is 0 Å². The topological polar surface area (TPSA) is 89.1 Å². The Bertz CT molecular complexity index is 1210. The molecule has 1 aliphatic carbocycles. The molecule has 1 saturated carbocycles. The third-order valence-electron chi connectivity index (χ3n) is 6.54. The van der Waals surface area contributed by atoms with Crippen LogP contribution in [0.3, 0.4) is 0 Å². The van der Waals surface area contributed by atoms with Crippen molar-refractivity contribution in [3.8, 4) is 11.5 Å². The molecule has 2 aliphatic rings. The minimum absolute atomic E-state index is 0.174. The number of benzene rings is 1. The molecule has 7 nitrogen and oxygen atoms in total. The molecule has 8 heteroatoms. The molecular weight excluding hydrogens is 448 g/mol. The number of methoxy groups -OCH3 is 1. The smallest absolute Gasteiger partial charge is 0.256 e. The van der Waals surface area contributed by atoms with Gasteiger partial charge >= 0.3 is 0 Å². The van der Waals surface area contributed by atoms with Gasteiger partial charge in [0.15, 0.2) is 5.82 Å². The third kappa shape index (κ3) is 4.34. The average molecular weight is 479 g/mol. The molecule has 1 amide bonds. The summed E-state index contributed by atoms with van der Waals surface area (Å²) in [6, 6.07) is 10.2. The van der Waals surface area contributed by atoms with Crippen molar-refractivity contribution in [1.82, 2.24) is 20.5 Å². The number of carbonyl (C=O) groups excluding carboxylic acids is 1. The van der Waals surface area contributed by atoms with Gasteiger partial charge in [-0.15, -0.1) is 21.5 Å². The number of amides is 1. The predicted molar refractivity (Wildman–Crippen MR) is 133 cm³/mol. The predicted octanol–water partition coefficient (Wildman–Crippen LogP) is 5.28. The van der Waals surface area contributed by atoms with Gasteiger partial charge in [-0.1, -0.05) is 13.3 Å². The highest BCUT2D eigenvalue weighted by molar-refractivity contribution is 7.13. The first-order valence-electron chi connectivity index (χ1n) is 11.9. The van der Waals surface area contributed by atoms with Crippen molar-refractivity contribution in [3.63, 3.8) is 0 Å². The van der Waals surface area contributed by atoms with Crippen molar-refractivity contribution in [2.45, 2.75) is 57.4 Å². The summed E-state index contributed by atoms with van der Waals surface area (Å²) >= 11 is 1.78. The number of nitrogens with zero attached hydrogens (tertiary/aromatic N) is 2. The first-order valence-corrected chi connectivity index (χ1v) is 12.7. The van der Waals surface area contributed by atoms with E-state index in [1.165, 1.54) is 24.0 Å². The summed E-state index contributed by atoms with van der Waals surface area (Å²) in [5, 5.41) is 11.3. The lowest BCUT2D eigenvalue weighted by molar-refractivity contribution is -0.117. The van der Waals surface area contributed by atoms with Gasteiger partial charge in [-0.25, -0.2) is 0 Å². The zero-order valence-electron chi connectivity index (χ0n) is 19.8. The monoisotopic (exact) mass is 478 g/mol. The summed E-state index contributed by atoms with van der Waals surface area (Å²) in [5.41, 5.74) is 1.79. The number of carbonyl (C=O) groups is 1. The molecule has 1 aliphatic heterocycles. The summed E-state index contributed by atoms with van der Waals surface area (Å²) in [5.74, 6) is 2.45. The normalized spacial score (nSPS) is 20.4. The van der Waals surface area contributed by atoms with Crippen molar-refractivity contribution in [2.75, 3.05) is 13.7 Å². The molecule has 0 spiro atoms. The van der Waals surface area contributed by atoms with Gasteiger partial charge in [0.1, 0.15) is 17.8 Å². The largest absolute Gasteiger partial charge is 0.496 e. The molecule has 1 atom stereocenters. The van der Waals surface area contributed by atoms with Crippen molar-refractivity contribution in [3.05, 3.63) is 57.8 Å². The molecule has 2 aromatic heterocycles. The van der Waals surface area contributed by atoms with Crippen LogP contribution in [0, 0.1) is 0 Å². The van der Waals surface area contributed by atoms with Gasteiger partial charge in [0.25, 0.3) is 5.91 Å². The minimum Gasteiger partial charge on any atom is -0.496 e. The van der Waals surface area contributed by atoms with E-state index in [2.05, 4.69) is 39.6 Å². The van der Waals surface area contributed by atoms with E-state index >= 15 is 0 Å². The highest BCUT2D eigenvalue weighted by atomic mass is 32.1. The van der Waals surface area contributed by atoms with E-state index in [9.17, 15) is 4.79 Å². The van der Waals surface area contributed by atoms with Gasteiger partial charge in [0, 0.05) is 27.8 Å². The van der Waals surface area contributed by atoms with Gasteiger partial charge in [0.05, 0.1) is 24.8 Å². The quantitative estimate of drug-likeness (QED) is 0.409. The van der Waals surface area contributed by atoms with Gasteiger partial charge in [-0.3, -0.25) is 4.79 Å². The van der Waals surface area contributed by atoms with E-state index in [0.29, 0.717) is 36.1 Å². The molecular formula is C26H30N4O3S. The van der Waals surface area contributed by atoms with Crippen molar-refractivity contribution < 1.29 is 14.3 Å². The fourth-order valence-electron chi connectivity index (χ4n) is 4.54. The molecule has 3 aromatic rings. The lowest BCUT2D eigenvalue weighted by Gasteiger charge is -2.37.